The van der Waals surface area contributed by atoms with Crippen molar-refractivity contribution in [1.29, 1.82) is 0 Å². The highest BCUT2D eigenvalue weighted by atomic mass is 16.5. The van der Waals surface area contributed by atoms with E-state index in [1.807, 2.05) is 6.07 Å². The fourth-order valence-electron chi connectivity index (χ4n) is 3.05. The predicted molar refractivity (Wildman–Crippen MR) is 110 cm³/mol. The average molecular weight is 394 g/mol. The van der Waals surface area contributed by atoms with Crippen LogP contribution >= 0.6 is 0 Å². The molecule has 0 spiro atoms. The molecule has 0 fully saturated rings. The zero-order valence-electron chi connectivity index (χ0n) is 16.5. The zero-order valence-corrected chi connectivity index (χ0v) is 16.5. The van der Waals surface area contributed by atoms with E-state index in [0.29, 0.717) is 17.1 Å². The van der Waals surface area contributed by atoms with Crippen molar-refractivity contribution in [3.05, 3.63) is 60.2 Å². The molecule has 0 unspecified atom stereocenters. The number of nitrogens with one attached hydrogen (secondary N) is 1. The van der Waals surface area contributed by atoms with Gasteiger partial charge in [-0.15, -0.1) is 0 Å². The molecule has 1 N–H and O–H groups in total. The molecule has 2 aromatic carbocycles. The van der Waals surface area contributed by atoms with Crippen LogP contribution in [0.2, 0.25) is 0 Å². The van der Waals surface area contributed by atoms with Crippen LogP contribution in [0.3, 0.4) is 0 Å². The number of benzene rings is 2. The molecule has 3 rings (SSSR count). The Hall–Kier alpha value is -3.61. The van der Waals surface area contributed by atoms with E-state index in [1.165, 1.54) is 11.0 Å². The number of fused-ring (bicyclic) bond motifs is 1. The van der Waals surface area contributed by atoms with Gasteiger partial charge in [0.15, 0.2) is 6.61 Å². The molecule has 0 saturated heterocycles. The fraction of sp³-hybridized carbons (Fsp3) is 0.227. The summed E-state index contributed by atoms with van der Waals surface area (Å²) in [5.41, 5.74) is 0.740. The van der Waals surface area contributed by atoms with Gasteiger partial charge in [0, 0.05) is 6.08 Å². The van der Waals surface area contributed by atoms with E-state index in [-0.39, 0.29) is 5.91 Å². The van der Waals surface area contributed by atoms with Crippen LogP contribution in [0.15, 0.2) is 54.6 Å². The van der Waals surface area contributed by atoms with Crippen molar-refractivity contribution >= 4 is 35.2 Å². The summed E-state index contributed by atoms with van der Waals surface area (Å²) >= 11 is 0. The van der Waals surface area contributed by atoms with Gasteiger partial charge in [-0.1, -0.05) is 24.3 Å². The molecule has 0 saturated carbocycles. The first-order chi connectivity index (χ1) is 13.8. The van der Waals surface area contributed by atoms with Crippen molar-refractivity contribution in [1.82, 2.24) is 0 Å². The van der Waals surface area contributed by atoms with Crippen LogP contribution in [0.1, 0.15) is 19.4 Å². The summed E-state index contributed by atoms with van der Waals surface area (Å²) in [5.74, 6) is -0.789. The van der Waals surface area contributed by atoms with Crippen LogP contribution in [0.25, 0.3) is 6.08 Å². The van der Waals surface area contributed by atoms with E-state index in [1.54, 1.807) is 69.5 Å². The van der Waals surface area contributed by atoms with E-state index in [0.717, 1.165) is 5.56 Å². The number of rotatable bonds is 5. The number of hydrogen-bond acceptors (Lipinski definition) is 5. The summed E-state index contributed by atoms with van der Waals surface area (Å²) in [5, 5.41) is 2.79. The zero-order chi connectivity index (χ0) is 21.0. The SMILES string of the molecule is COc1cccc(/C=C/C(=O)OCC(=O)N2c3ccccc3NC(=O)C2(C)C)c1. The fourth-order valence-corrected chi connectivity index (χ4v) is 3.05. The van der Waals surface area contributed by atoms with Gasteiger partial charge >= 0.3 is 5.97 Å². The molecule has 2 amide bonds. The number of nitrogens with zero attached hydrogens (tertiary/aromatic N) is 1. The average Bonchev–Trinajstić information content (AvgIpc) is 2.71. The first-order valence-electron chi connectivity index (χ1n) is 9.05. The lowest BCUT2D eigenvalue weighted by atomic mass is 9.96. The molecule has 2 aromatic rings. The van der Waals surface area contributed by atoms with Crippen molar-refractivity contribution in [2.45, 2.75) is 19.4 Å². The Balaban J connectivity index is 1.69. The number of anilines is 2. The number of para-hydroxylation sites is 2. The van der Waals surface area contributed by atoms with Crippen molar-refractivity contribution in [2.24, 2.45) is 0 Å². The maximum Gasteiger partial charge on any atom is 0.331 e. The van der Waals surface area contributed by atoms with Crippen LogP contribution in [0.5, 0.6) is 5.75 Å². The third-order valence-electron chi connectivity index (χ3n) is 4.60. The van der Waals surface area contributed by atoms with Gasteiger partial charge in [-0.2, -0.15) is 0 Å². The molecule has 0 aliphatic carbocycles. The van der Waals surface area contributed by atoms with Crippen molar-refractivity contribution in [3.8, 4) is 5.75 Å². The number of esters is 1. The lowest BCUT2D eigenvalue weighted by Crippen LogP contribution is -2.59. The second-order valence-electron chi connectivity index (χ2n) is 6.98. The molecule has 0 bridgehead atoms. The van der Waals surface area contributed by atoms with Gasteiger partial charge in [-0.3, -0.25) is 14.5 Å². The Morgan fingerprint density at radius 2 is 1.90 bits per heavy atom. The third kappa shape index (κ3) is 4.29. The summed E-state index contributed by atoms with van der Waals surface area (Å²) in [6.07, 6.45) is 2.81. The van der Waals surface area contributed by atoms with Crippen LogP contribution in [0.4, 0.5) is 11.4 Å². The van der Waals surface area contributed by atoms with Crippen molar-refractivity contribution in [2.75, 3.05) is 23.9 Å². The molecule has 150 valence electrons. The molecular formula is C22H22N2O5. The number of carbonyl (C=O) groups excluding carboxylic acids is 3. The molecule has 0 radical (unpaired) electrons. The van der Waals surface area contributed by atoms with Crippen LogP contribution in [-0.4, -0.2) is 37.0 Å². The number of carbonyl (C=O) groups is 3. The van der Waals surface area contributed by atoms with Gasteiger partial charge in [0.1, 0.15) is 11.3 Å². The summed E-state index contributed by atoms with van der Waals surface area (Å²) in [4.78, 5) is 38.6. The lowest BCUT2D eigenvalue weighted by Gasteiger charge is -2.41. The number of ether oxygens (including phenoxy) is 2. The Bertz CT molecular complexity index is 981. The maximum absolute atomic E-state index is 12.8. The largest absolute Gasteiger partial charge is 0.497 e. The molecule has 1 heterocycles. The Morgan fingerprint density at radius 1 is 1.14 bits per heavy atom. The Kier molecular flexibility index (Phi) is 5.68. The molecule has 1 aliphatic heterocycles. The minimum absolute atomic E-state index is 0.311. The Morgan fingerprint density at radius 3 is 2.66 bits per heavy atom. The Labute approximate surface area is 168 Å². The van der Waals surface area contributed by atoms with Gasteiger partial charge in [0.05, 0.1) is 18.5 Å². The summed E-state index contributed by atoms with van der Waals surface area (Å²) in [7, 11) is 1.56. The highest BCUT2D eigenvalue weighted by molar-refractivity contribution is 6.14. The molecule has 1 aliphatic rings. The quantitative estimate of drug-likeness (QED) is 0.622. The number of methoxy groups -OCH3 is 1. The summed E-state index contributed by atoms with van der Waals surface area (Å²) in [6.45, 7) is 2.80. The number of hydrogen-bond donors (Lipinski definition) is 1. The first-order valence-corrected chi connectivity index (χ1v) is 9.05. The van der Waals surface area contributed by atoms with Gasteiger partial charge in [0.25, 0.3) is 5.91 Å². The maximum atomic E-state index is 12.8. The molecule has 0 aromatic heterocycles. The topological polar surface area (TPSA) is 84.9 Å². The summed E-state index contributed by atoms with van der Waals surface area (Å²) in [6, 6.07) is 14.2. The van der Waals surface area contributed by atoms with E-state index in [9.17, 15) is 14.4 Å². The van der Waals surface area contributed by atoms with Crippen LogP contribution < -0.4 is 15.0 Å². The standard InChI is InChI=1S/C22H22N2O5/c1-22(2)21(27)23-17-9-4-5-10-18(17)24(22)19(25)14-29-20(26)12-11-15-7-6-8-16(13-15)28-3/h4-13H,14H2,1-3H3,(H,23,27)/b12-11+. The smallest absolute Gasteiger partial charge is 0.331 e. The van der Waals surface area contributed by atoms with Gasteiger partial charge < -0.3 is 14.8 Å². The van der Waals surface area contributed by atoms with E-state index in [2.05, 4.69) is 5.32 Å². The molecule has 0 atom stereocenters. The minimum atomic E-state index is -1.12. The van der Waals surface area contributed by atoms with Crippen LogP contribution in [0, 0.1) is 0 Å². The second kappa shape index (κ2) is 8.18. The van der Waals surface area contributed by atoms with Gasteiger partial charge in [0.2, 0.25) is 5.91 Å². The van der Waals surface area contributed by atoms with Crippen molar-refractivity contribution < 1.29 is 23.9 Å². The predicted octanol–water partition coefficient (Wildman–Crippen LogP) is 3.02. The van der Waals surface area contributed by atoms with Crippen molar-refractivity contribution in [3.63, 3.8) is 0 Å². The third-order valence-corrected chi connectivity index (χ3v) is 4.60. The molecular weight excluding hydrogens is 372 g/mol. The molecule has 7 nitrogen and oxygen atoms in total. The van der Waals surface area contributed by atoms with E-state index < -0.39 is 24.0 Å². The lowest BCUT2D eigenvalue weighted by molar-refractivity contribution is -0.143. The first kappa shape index (κ1) is 20.1. The van der Waals surface area contributed by atoms with Gasteiger partial charge in [-0.05, 0) is 49.8 Å². The highest BCUT2D eigenvalue weighted by Crippen LogP contribution is 2.36. The second-order valence-corrected chi connectivity index (χ2v) is 6.98. The molecule has 29 heavy (non-hydrogen) atoms. The van der Waals surface area contributed by atoms with Gasteiger partial charge in [-0.25, -0.2) is 4.79 Å². The monoisotopic (exact) mass is 394 g/mol. The number of amides is 2. The van der Waals surface area contributed by atoms with E-state index >= 15 is 0 Å². The highest BCUT2D eigenvalue weighted by Gasteiger charge is 2.43. The van der Waals surface area contributed by atoms with Crippen LogP contribution in [-0.2, 0) is 19.1 Å². The summed E-state index contributed by atoms with van der Waals surface area (Å²) < 4.78 is 10.2. The normalized spacial score (nSPS) is 14.9. The van der Waals surface area contributed by atoms with E-state index in [4.69, 9.17) is 9.47 Å². The molecule has 7 heteroatoms. The minimum Gasteiger partial charge on any atom is -0.497 e.